The van der Waals surface area contributed by atoms with E-state index in [-0.39, 0.29) is 23.7 Å². The molecule has 3 aromatic heterocycles. The summed E-state index contributed by atoms with van der Waals surface area (Å²) in [6.45, 7) is -5.48. The Hall–Kier alpha value is -4.28. The van der Waals surface area contributed by atoms with E-state index in [1.165, 1.54) is 31.9 Å². The van der Waals surface area contributed by atoms with Gasteiger partial charge < -0.3 is 35.1 Å². The number of phenols is 1. The van der Waals surface area contributed by atoms with Gasteiger partial charge in [-0.05, 0) is 40.2 Å². The number of phosphoric acid groups is 1. The number of hydrogen-bond acceptors (Lipinski definition) is 18. The van der Waals surface area contributed by atoms with Crippen LogP contribution in [-0.2, 0) is 47.2 Å². The lowest BCUT2D eigenvalue weighted by atomic mass is 10.0. The van der Waals surface area contributed by atoms with Crippen molar-refractivity contribution >= 4 is 43.0 Å². The minimum atomic E-state index is -4.88. The van der Waals surface area contributed by atoms with Crippen LogP contribution in [0.15, 0.2) is 83.0 Å². The lowest BCUT2D eigenvalue weighted by Crippen LogP contribution is -2.39. The van der Waals surface area contributed by atoms with Gasteiger partial charge in [-0.25, -0.2) is 28.9 Å². The molecule has 3 aliphatic heterocycles. The molecule has 0 amide bonds. The Morgan fingerprint density at radius 3 is 2.40 bits per heavy atom. The van der Waals surface area contributed by atoms with Crippen molar-refractivity contribution in [1.82, 2.24) is 29.1 Å². The number of aliphatic hydroxyl groups excluding tert-OH is 1. The molecule has 3 aliphatic rings. The smallest absolute Gasteiger partial charge is 0.472 e. The highest BCUT2D eigenvalue weighted by Gasteiger charge is 2.53. The molecule has 0 saturated carbocycles. The normalized spacial score (nSPS) is 30.9. The Morgan fingerprint density at radius 1 is 0.948 bits per heavy atom. The zero-order chi connectivity index (χ0) is 40.8. The van der Waals surface area contributed by atoms with Crippen LogP contribution in [0.2, 0.25) is 0 Å². The van der Waals surface area contributed by atoms with E-state index in [0.29, 0.717) is 27.9 Å². The van der Waals surface area contributed by atoms with Gasteiger partial charge in [-0.15, -0.1) is 0 Å². The number of imidazole rings is 1. The molecule has 4 unspecified atom stereocenters. The number of nitrogen functional groups attached to an aromatic ring is 1. The average Bonchev–Trinajstić information content (AvgIpc) is 3.91. The van der Waals surface area contributed by atoms with Gasteiger partial charge in [0.1, 0.15) is 60.4 Å². The molecule has 0 spiro atoms. The molecule has 6 heterocycles. The number of fused-ring (bicyclic) bond motifs is 4. The van der Waals surface area contributed by atoms with Crippen molar-refractivity contribution in [1.29, 1.82) is 0 Å². The molecule has 3 fully saturated rings. The first-order valence-corrected chi connectivity index (χ1v) is 22.3. The second kappa shape index (κ2) is 16.4. The Balaban J connectivity index is 1.11. The predicted molar refractivity (Wildman–Crippen MR) is 203 cm³/mol. The van der Waals surface area contributed by atoms with Crippen LogP contribution in [0.1, 0.15) is 41.7 Å². The van der Waals surface area contributed by atoms with Crippen molar-refractivity contribution in [3.63, 3.8) is 0 Å². The Bertz CT molecular complexity index is 2490. The van der Waals surface area contributed by atoms with E-state index in [0.717, 1.165) is 28.2 Å². The van der Waals surface area contributed by atoms with Crippen molar-refractivity contribution in [3.05, 3.63) is 111 Å². The summed E-state index contributed by atoms with van der Waals surface area (Å²) in [7, 11) is -3.58. The van der Waals surface area contributed by atoms with Crippen molar-refractivity contribution in [2.45, 2.75) is 61.3 Å². The predicted octanol–water partition coefficient (Wildman–Crippen LogP) is 2.91. The van der Waals surface area contributed by atoms with E-state index in [1.54, 1.807) is 41.0 Å². The first-order valence-electron chi connectivity index (χ1n) is 17.7. The number of aromatic hydroxyl groups is 1. The second-order valence-electron chi connectivity index (χ2n) is 13.5. The Morgan fingerprint density at radius 2 is 1.67 bits per heavy atom. The Kier molecular flexibility index (Phi) is 11.5. The van der Waals surface area contributed by atoms with E-state index in [2.05, 4.69) is 19.9 Å². The maximum atomic E-state index is 15.0. The van der Waals surface area contributed by atoms with Gasteiger partial charge in [0.25, 0.3) is 5.56 Å². The minimum Gasteiger partial charge on any atom is -0.508 e. The molecule has 3 saturated heterocycles. The fourth-order valence-electron chi connectivity index (χ4n) is 6.88. The van der Waals surface area contributed by atoms with Crippen LogP contribution in [-0.4, -0.2) is 95.0 Å². The zero-order valence-electron chi connectivity index (χ0n) is 30.3. The molecule has 24 heteroatoms. The summed E-state index contributed by atoms with van der Waals surface area (Å²) in [5.74, 6) is 0.245. The number of rotatable bonds is 8. The van der Waals surface area contributed by atoms with Gasteiger partial charge >= 0.3 is 20.3 Å². The molecule has 0 radical (unpaired) electrons. The number of nitrogens with zero attached hydrogens (tertiary/aromatic N) is 5. The number of aromatic nitrogens is 6. The highest BCUT2D eigenvalue weighted by atomic mass is 32.7. The highest BCUT2D eigenvalue weighted by molar-refractivity contribution is 8.54. The molecule has 21 nitrogen and oxygen atoms in total. The molecule has 2 aromatic carbocycles. The molecular weight excluding hydrogens is 824 g/mol. The van der Waals surface area contributed by atoms with E-state index in [4.69, 9.17) is 38.0 Å². The van der Waals surface area contributed by atoms with Gasteiger partial charge in [-0.3, -0.25) is 37.0 Å². The van der Waals surface area contributed by atoms with Gasteiger partial charge in [0.15, 0.2) is 17.7 Å². The fourth-order valence-corrected chi connectivity index (χ4v) is 11.2. The molecule has 308 valence electrons. The number of nitrogens with one attached hydrogen (secondary N) is 1. The number of benzene rings is 2. The van der Waals surface area contributed by atoms with Crippen LogP contribution in [0.3, 0.4) is 0 Å². The summed E-state index contributed by atoms with van der Waals surface area (Å²) in [6.07, 6.45) is -5.47. The number of nitrogens with two attached hydrogens (primary N) is 1. The number of H-pyrrole nitrogens is 1. The number of ether oxygens (including phenoxy) is 3. The molecule has 2 bridgehead atoms. The quantitative estimate of drug-likeness (QED) is 0.140. The summed E-state index contributed by atoms with van der Waals surface area (Å²) < 4.78 is 72.6. The maximum Gasteiger partial charge on any atom is 0.472 e. The van der Waals surface area contributed by atoms with Crippen LogP contribution < -0.4 is 17.0 Å². The van der Waals surface area contributed by atoms with Crippen LogP contribution in [0.5, 0.6) is 5.75 Å². The van der Waals surface area contributed by atoms with Crippen molar-refractivity contribution in [2.75, 3.05) is 26.1 Å². The number of methoxy groups -OCH3 is 1. The first-order chi connectivity index (χ1) is 27.8. The van der Waals surface area contributed by atoms with Gasteiger partial charge in [-0.2, -0.15) is 0 Å². The van der Waals surface area contributed by atoms with Crippen molar-refractivity contribution in [3.8, 4) is 5.75 Å². The number of anilines is 1. The number of aromatic amines is 1. The van der Waals surface area contributed by atoms with Gasteiger partial charge in [-0.1, -0.05) is 36.4 Å². The first kappa shape index (κ1) is 40.5. The maximum absolute atomic E-state index is 15.0. The second-order valence-corrected chi connectivity index (χ2v) is 18.9. The van der Waals surface area contributed by atoms with Gasteiger partial charge in [0.05, 0.1) is 19.5 Å². The molecule has 58 heavy (non-hydrogen) atoms. The fraction of sp³-hybridized carbons (Fsp3) is 0.382. The number of phosphoric ester groups is 1. The number of hydrogen-bond donors (Lipinski definition) is 5. The van der Waals surface area contributed by atoms with Crippen LogP contribution >= 0.6 is 26.0 Å². The Labute approximate surface area is 331 Å². The van der Waals surface area contributed by atoms with Crippen LogP contribution in [0.25, 0.3) is 11.2 Å². The molecule has 8 rings (SSSR count). The SMILES string of the molecule is CO[C@H]1[C@H]2OP(=O)(SCc3ccc(C(O)c4ccc(O)cc4)cc3)OC[C@H]3O[C@@H](n4cnc5c(N)ncnc54)CC3OP(=O)(O)OC[C@H]1O[C@H]2n1ccc(=O)[nH]c1=O. The lowest BCUT2D eigenvalue weighted by molar-refractivity contribution is -0.0653. The van der Waals surface area contributed by atoms with E-state index in [1.807, 2.05) is 0 Å². The third-order valence-electron chi connectivity index (χ3n) is 9.77. The number of aliphatic hydroxyl groups is 1. The summed E-state index contributed by atoms with van der Waals surface area (Å²) in [5, 5.41) is 20.5. The van der Waals surface area contributed by atoms with Crippen LogP contribution in [0.4, 0.5) is 5.82 Å². The van der Waals surface area contributed by atoms with Crippen molar-refractivity contribution in [2.24, 2.45) is 0 Å². The van der Waals surface area contributed by atoms with Gasteiger partial charge in [0, 0.05) is 31.5 Å². The molecule has 10 atom stereocenters. The zero-order valence-corrected chi connectivity index (χ0v) is 32.9. The molecule has 6 N–H and O–H groups in total. The van der Waals surface area contributed by atoms with E-state index < -0.39 is 88.2 Å². The summed E-state index contributed by atoms with van der Waals surface area (Å²) >= 11 is 0.798. The summed E-state index contributed by atoms with van der Waals surface area (Å²) in [5.41, 5.74) is 6.83. The standard InChI is InChI=1S/C34H37N7O14P2S/c1-49-29-24-14-50-56(46,47)54-22-12-26(41-17-38-27-31(35)36-16-37-32(27)41)52-23(22)13-51-57(48,55-30(29)33(53-24)40-11-10-25(43)39-34(40)45)58-15-18-2-4-19(5-3-18)28(44)20-6-8-21(42)9-7-20/h2-11,16-17,22-24,26,28-30,33,42,44H,12-15H2,1H3,(H,46,47)(H2,35,36,37)(H,39,43,45)/t22?,23-,24-,26-,28?,29-,30-,33-,57?/m1/s1. The third kappa shape index (κ3) is 8.42. The summed E-state index contributed by atoms with van der Waals surface area (Å²) in [4.78, 5) is 50.5. The number of phenolic OH excluding ortho intramolecular Hbond substituents is 1. The van der Waals surface area contributed by atoms with E-state index in [9.17, 15) is 29.3 Å². The third-order valence-corrected chi connectivity index (χ3v) is 14.4. The van der Waals surface area contributed by atoms with Crippen molar-refractivity contribution < 1.29 is 56.5 Å². The molecule has 0 aliphatic carbocycles. The molecule has 5 aromatic rings. The molecular formula is C34H37N7O14P2S. The topological polar surface area (TPSA) is 284 Å². The average molecular weight is 862 g/mol. The van der Waals surface area contributed by atoms with Crippen LogP contribution in [0, 0.1) is 0 Å². The lowest BCUT2D eigenvalue weighted by Gasteiger charge is -2.28. The monoisotopic (exact) mass is 861 g/mol. The summed E-state index contributed by atoms with van der Waals surface area (Å²) in [6, 6.07) is 14.1. The van der Waals surface area contributed by atoms with E-state index >= 15 is 4.57 Å². The highest BCUT2D eigenvalue weighted by Crippen LogP contribution is 2.65. The minimum absolute atomic E-state index is 0.0294. The largest absolute Gasteiger partial charge is 0.508 e. The van der Waals surface area contributed by atoms with Gasteiger partial charge in [0.2, 0.25) is 0 Å².